The van der Waals surface area contributed by atoms with Crippen LogP contribution >= 0.6 is 38.5 Å². The molecule has 0 aliphatic rings. The first-order valence-electron chi connectivity index (χ1n) is 8.10. The third kappa shape index (κ3) is 7.95. The first-order valence-corrected chi connectivity index (χ1v) is 9.97. The summed E-state index contributed by atoms with van der Waals surface area (Å²) in [5, 5.41) is 0. The van der Waals surface area contributed by atoms with Crippen molar-refractivity contribution in [3.63, 3.8) is 0 Å². The minimum Gasteiger partial charge on any atom is -0.271 e. The third-order valence-electron chi connectivity index (χ3n) is 3.88. The van der Waals surface area contributed by atoms with Gasteiger partial charge in [-0.15, -0.1) is 0 Å². The molecule has 21 heavy (non-hydrogen) atoms. The Balaban J connectivity index is 2.27. The Kier molecular flexibility index (Phi) is 11.0. The first kappa shape index (κ1) is 19.4. The molecule has 0 radical (unpaired) electrons. The smallest absolute Gasteiger partial charge is 0.0470 e. The largest absolute Gasteiger partial charge is 0.271 e. The fraction of sp³-hybridized carbons (Fsp3) is 0.647. The molecule has 0 bridgehead atoms. The highest BCUT2D eigenvalue weighted by Crippen LogP contribution is 2.27. The van der Waals surface area contributed by atoms with Crippen LogP contribution in [0.3, 0.4) is 0 Å². The molecule has 4 heteroatoms. The Morgan fingerprint density at radius 1 is 1.10 bits per heavy atom. The van der Waals surface area contributed by atoms with E-state index >= 15 is 0 Å². The summed E-state index contributed by atoms with van der Waals surface area (Å²) in [4.78, 5) is 0. The van der Waals surface area contributed by atoms with E-state index in [-0.39, 0.29) is 6.04 Å². The zero-order valence-corrected chi connectivity index (χ0v) is 16.8. The van der Waals surface area contributed by atoms with Gasteiger partial charge in [0.2, 0.25) is 0 Å². The molecule has 1 rings (SSSR count). The molecule has 2 nitrogen and oxygen atoms in total. The van der Waals surface area contributed by atoms with Crippen LogP contribution in [0.5, 0.6) is 0 Å². The van der Waals surface area contributed by atoms with Crippen molar-refractivity contribution in [3.05, 3.63) is 31.8 Å². The van der Waals surface area contributed by atoms with Crippen LogP contribution < -0.4 is 11.3 Å². The third-order valence-corrected chi connectivity index (χ3v) is 5.36. The molecule has 0 fully saturated rings. The minimum absolute atomic E-state index is 0.259. The molecule has 1 atom stereocenters. The van der Waals surface area contributed by atoms with Gasteiger partial charge in [-0.1, -0.05) is 74.2 Å². The molecule has 0 aliphatic carbocycles. The second-order valence-corrected chi connectivity index (χ2v) is 7.73. The Labute approximate surface area is 151 Å². The van der Waals surface area contributed by atoms with Crippen molar-refractivity contribution in [2.24, 2.45) is 5.84 Å². The number of hydrogen-bond donors (Lipinski definition) is 2. The summed E-state index contributed by atoms with van der Waals surface area (Å²) < 4.78 is 2.40. The van der Waals surface area contributed by atoms with Crippen LogP contribution in [-0.2, 0) is 0 Å². The van der Waals surface area contributed by atoms with Crippen LogP contribution in [0, 0.1) is 3.57 Å². The molecule has 0 aromatic heterocycles. The zero-order chi connectivity index (χ0) is 15.5. The van der Waals surface area contributed by atoms with E-state index in [1.54, 1.807) is 0 Å². The number of benzene rings is 1. The van der Waals surface area contributed by atoms with Crippen molar-refractivity contribution in [3.8, 4) is 0 Å². The van der Waals surface area contributed by atoms with Gasteiger partial charge in [0.05, 0.1) is 0 Å². The molecule has 0 aliphatic heterocycles. The summed E-state index contributed by atoms with van der Waals surface area (Å²) >= 11 is 5.93. The average Bonchev–Trinajstić information content (AvgIpc) is 2.49. The quantitative estimate of drug-likeness (QED) is 0.179. The Morgan fingerprint density at radius 2 is 1.71 bits per heavy atom. The number of rotatable bonds is 11. The molecule has 1 aromatic rings. The highest BCUT2D eigenvalue weighted by atomic mass is 127. The van der Waals surface area contributed by atoms with Crippen molar-refractivity contribution in [2.45, 2.75) is 70.8 Å². The monoisotopic (exact) mass is 466 g/mol. The highest BCUT2D eigenvalue weighted by molar-refractivity contribution is 14.1. The SMILES string of the molecule is CCCCCCCCCCC(NN)c1cc(Br)ccc1I. The van der Waals surface area contributed by atoms with Gasteiger partial charge in [-0.2, -0.15) is 0 Å². The number of hydrogen-bond acceptors (Lipinski definition) is 2. The van der Waals surface area contributed by atoms with Gasteiger partial charge in [-0.25, -0.2) is 0 Å². The van der Waals surface area contributed by atoms with Crippen molar-refractivity contribution in [2.75, 3.05) is 0 Å². The fourth-order valence-corrected chi connectivity index (χ4v) is 3.68. The zero-order valence-electron chi connectivity index (χ0n) is 13.0. The van der Waals surface area contributed by atoms with Gasteiger partial charge in [-0.05, 0) is 52.8 Å². The van der Waals surface area contributed by atoms with Gasteiger partial charge in [0.15, 0.2) is 0 Å². The molecule has 0 spiro atoms. The summed E-state index contributed by atoms with van der Waals surface area (Å²) in [7, 11) is 0. The van der Waals surface area contributed by atoms with Crippen LogP contribution in [0.2, 0.25) is 0 Å². The van der Waals surface area contributed by atoms with E-state index in [4.69, 9.17) is 5.84 Å². The standard InChI is InChI=1S/C17H28BrIN2/c1-2-3-4-5-6-7-8-9-10-17(21-20)15-13-14(18)11-12-16(15)19/h11-13,17,21H,2-10,20H2,1H3. The first-order chi connectivity index (χ1) is 10.2. The van der Waals surface area contributed by atoms with Gasteiger partial charge in [0, 0.05) is 14.1 Å². The van der Waals surface area contributed by atoms with Crippen molar-refractivity contribution in [1.82, 2.24) is 5.43 Å². The Morgan fingerprint density at radius 3 is 2.33 bits per heavy atom. The topological polar surface area (TPSA) is 38.0 Å². The van der Waals surface area contributed by atoms with Crippen LogP contribution in [-0.4, -0.2) is 0 Å². The van der Waals surface area contributed by atoms with E-state index in [1.807, 2.05) is 0 Å². The summed E-state index contributed by atoms with van der Waals surface area (Å²) in [6.07, 6.45) is 11.9. The van der Waals surface area contributed by atoms with E-state index in [0.29, 0.717) is 0 Å². The van der Waals surface area contributed by atoms with Gasteiger partial charge >= 0.3 is 0 Å². The molecular formula is C17H28BrIN2. The van der Waals surface area contributed by atoms with E-state index in [9.17, 15) is 0 Å². The maximum atomic E-state index is 5.75. The second-order valence-electron chi connectivity index (χ2n) is 5.65. The molecule has 120 valence electrons. The Bertz CT molecular complexity index is 398. The number of hydrazine groups is 1. The lowest BCUT2D eigenvalue weighted by Gasteiger charge is -2.18. The van der Waals surface area contributed by atoms with Crippen molar-refractivity contribution >= 4 is 38.5 Å². The summed E-state index contributed by atoms with van der Waals surface area (Å²) in [5.74, 6) is 5.75. The second kappa shape index (κ2) is 11.9. The van der Waals surface area contributed by atoms with E-state index < -0.39 is 0 Å². The highest BCUT2D eigenvalue weighted by Gasteiger charge is 2.13. The van der Waals surface area contributed by atoms with Crippen LogP contribution in [0.1, 0.15) is 76.3 Å². The number of nitrogens with one attached hydrogen (secondary N) is 1. The lowest BCUT2D eigenvalue weighted by atomic mass is 10.00. The van der Waals surface area contributed by atoms with Crippen LogP contribution in [0.25, 0.3) is 0 Å². The number of halogens is 2. The van der Waals surface area contributed by atoms with Gasteiger partial charge < -0.3 is 0 Å². The molecule has 0 amide bonds. The predicted molar refractivity (Wildman–Crippen MR) is 104 cm³/mol. The summed E-state index contributed by atoms with van der Waals surface area (Å²) in [6.45, 7) is 2.27. The fourth-order valence-electron chi connectivity index (χ4n) is 2.59. The normalized spacial score (nSPS) is 12.6. The molecule has 1 aromatic carbocycles. The van der Waals surface area contributed by atoms with Gasteiger partial charge in [-0.3, -0.25) is 11.3 Å². The number of unbranched alkanes of at least 4 members (excludes halogenated alkanes) is 7. The Hall–Kier alpha value is 0.350. The lowest BCUT2D eigenvalue weighted by molar-refractivity contribution is 0.473. The van der Waals surface area contributed by atoms with Crippen molar-refractivity contribution in [1.29, 1.82) is 0 Å². The molecule has 3 N–H and O–H groups in total. The van der Waals surface area contributed by atoms with E-state index in [1.165, 1.54) is 60.5 Å². The molecule has 0 saturated heterocycles. The van der Waals surface area contributed by atoms with Crippen LogP contribution in [0.4, 0.5) is 0 Å². The number of nitrogens with two attached hydrogens (primary N) is 1. The van der Waals surface area contributed by atoms with Gasteiger partial charge in [0.1, 0.15) is 0 Å². The predicted octanol–water partition coefficient (Wildman–Crippen LogP) is 6.09. The summed E-state index contributed by atoms with van der Waals surface area (Å²) in [6, 6.07) is 6.65. The molecular weight excluding hydrogens is 439 g/mol. The molecule has 0 saturated carbocycles. The summed E-state index contributed by atoms with van der Waals surface area (Å²) in [5.41, 5.74) is 4.28. The average molecular weight is 467 g/mol. The lowest BCUT2D eigenvalue weighted by Crippen LogP contribution is -2.28. The van der Waals surface area contributed by atoms with Gasteiger partial charge in [0.25, 0.3) is 0 Å². The van der Waals surface area contributed by atoms with E-state index in [2.05, 4.69) is 69.1 Å². The molecule has 0 heterocycles. The maximum absolute atomic E-state index is 5.75. The van der Waals surface area contributed by atoms with Crippen molar-refractivity contribution < 1.29 is 0 Å². The minimum atomic E-state index is 0.259. The van der Waals surface area contributed by atoms with Crippen LogP contribution in [0.15, 0.2) is 22.7 Å². The van der Waals surface area contributed by atoms with E-state index in [0.717, 1.165) is 10.9 Å². The molecule has 1 unspecified atom stereocenters. The maximum Gasteiger partial charge on any atom is 0.0470 e.